The predicted molar refractivity (Wildman–Crippen MR) is 112 cm³/mol. The molecule has 0 spiro atoms. The molecule has 0 aliphatic carbocycles. The third-order valence-corrected chi connectivity index (χ3v) is 5.64. The number of carbonyl (C=O) groups excluding carboxylic acids is 1. The molecule has 26 heavy (non-hydrogen) atoms. The predicted octanol–water partition coefficient (Wildman–Crippen LogP) is 3.63. The summed E-state index contributed by atoms with van der Waals surface area (Å²) < 4.78 is 2.39. The fourth-order valence-corrected chi connectivity index (χ4v) is 3.51. The minimum absolute atomic E-state index is 0.256. The molecule has 0 unspecified atom stereocenters. The van der Waals surface area contributed by atoms with Crippen molar-refractivity contribution in [1.29, 1.82) is 0 Å². The number of halogens is 1. The second-order valence-electron chi connectivity index (χ2n) is 6.31. The van der Waals surface area contributed by atoms with Crippen molar-refractivity contribution in [3.8, 4) is 10.6 Å². The van der Waals surface area contributed by atoms with Gasteiger partial charge < -0.3 is 5.32 Å². The van der Waals surface area contributed by atoms with Crippen molar-refractivity contribution >= 4 is 39.8 Å². The lowest BCUT2D eigenvalue weighted by Crippen LogP contribution is -2.49. The van der Waals surface area contributed by atoms with Crippen LogP contribution in [0, 0.1) is 3.57 Å². The highest BCUT2D eigenvalue weighted by Gasteiger charge is 2.32. The molecule has 7 heteroatoms. The molecule has 0 aliphatic rings. The molecule has 0 aliphatic heterocycles. The van der Waals surface area contributed by atoms with E-state index in [9.17, 15) is 9.59 Å². The van der Waals surface area contributed by atoms with E-state index in [-0.39, 0.29) is 11.5 Å². The Hall–Kier alpha value is -2.00. The van der Waals surface area contributed by atoms with E-state index in [0.717, 1.165) is 14.0 Å². The molecule has 0 atom stereocenters. The molecule has 3 aromatic rings. The van der Waals surface area contributed by atoms with E-state index in [0.29, 0.717) is 12.2 Å². The van der Waals surface area contributed by atoms with E-state index in [1.165, 1.54) is 22.1 Å². The zero-order valence-corrected chi connectivity index (χ0v) is 17.4. The summed E-state index contributed by atoms with van der Waals surface area (Å²) in [5.41, 5.74) is 0.271. The smallest absolute Gasteiger partial charge is 0.267 e. The molecular formula is C19H18IN3O2S. The number of nitrogens with zero attached hydrogens (tertiary/aromatic N) is 2. The number of amides is 1. The lowest BCUT2D eigenvalue weighted by molar-refractivity contribution is -0.129. The fourth-order valence-electron chi connectivity index (χ4n) is 2.46. The first kappa shape index (κ1) is 18.8. The van der Waals surface area contributed by atoms with Gasteiger partial charge in [-0.3, -0.25) is 9.59 Å². The molecule has 5 nitrogen and oxygen atoms in total. The van der Waals surface area contributed by atoms with Gasteiger partial charge in [0.15, 0.2) is 0 Å². The molecule has 1 N–H and O–H groups in total. The maximum absolute atomic E-state index is 12.7. The number of thiophene rings is 1. The molecule has 0 saturated carbocycles. The molecule has 134 valence electrons. The molecular weight excluding hydrogens is 461 g/mol. The minimum atomic E-state index is -1.10. The van der Waals surface area contributed by atoms with E-state index in [4.69, 9.17) is 0 Å². The summed E-state index contributed by atoms with van der Waals surface area (Å²) in [6, 6.07) is 14.9. The van der Waals surface area contributed by atoms with E-state index < -0.39 is 5.54 Å². The van der Waals surface area contributed by atoms with Crippen LogP contribution in [-0.4, -0.2) is 15.7 Å². The first-order chi connectivity index (χ1) is 12.4. The second-order valence-corrected chi connectivity index (χ2v) is 8.51. The SMILES string of the molecule is CC(C)(C(=O)NCc1ccc(I)cc1)n1nc(-c2cccs2)ccc1=O. The van der Waals surface area contributed by atoms with Gasteiger partial charge in [0.05, 0.1) is 4.88 Å². The van der Waals surface area contributed by atoms with Gasteiger partial charge in [0, 0.05) is 16.2 Å². The molecule has 0 fully saturated rings. The topological polar surface area (TPSA) is 64.0 Å². The molecule has 1 aromatic carbocycles. The average Bonchev–Trinajstić information content (AvgIpc) is 3.16. The number of rotatable bonds is 5. The van der Waals surface area contributed by atoms with Gasteiger partial charge in [-0.05, 0) is 71.6 Å². The standard InChI is InChI=1S/C19H18IN3O2S/c1-19(2,18(25)21-12-13-5-7-14(20)8-6-13)23-17(24)10-9-15(22-23)16-4-3-11-26-16/h3-11H,12H2,1-2H3,(H,21,25). The van der Waals surface area contributed by atoms with Crippen LogP contribution in [0.1, 0.15) is 19.4 Å². The highest BCUT2D eigenvalue weighted by atomic mass is 127. The van der Waals surface area contributed by atoms with Crippen LogP contribution >= 0.6 is 33.9 Å². The number of nitrogens with one attached hydrogen (secondary N) is 1. The number of hydrogen-bond acceptors (Lipinski definition) is 4. The van der Waals surface area contributed by atoms with Crippen molar-refractivity contribution in [1.82, 2.24) is 15.1 Å². The lowest BCUT2D eigenvalue weighted by Gasteiger charge is -2.25. The quantitative estimate of drug-likeness (QED) is 0.569. The van der Waals surface area contributed by atoms with Crippen LogP contribution < -0.4 is 10.9 Å². The van der Waals surface area contributed by atoms with Gasteiger partial charge in [0.25, 0.3) is 5.56 Å². The van der Waals surface area contributed by atoms with Crippen molar-refractivity contribution in [2.24, 2.45) is 0 Å². The van der Waals surface area contributed by atoms with Crippen LogP contribution in [0.15, 0.2) is 58.7 Å². The summed E-state index contributed by atoms with van der Waals surface area (Å²) in [4.78, 5) is 26.0. The van der Waals surface area contributed by atoms with Crippen LogP contribution in [0.25, 0.3) is 10.6 Å². The van der Waals surface area contributed by atoms with Gasteiger partial charge in [0.2, 0.25) is 5.91 Å². The van der Waals surface area contributed by atoms with Crippen molar-refractivity contribution in [2.45, 2.75) is 25.9 Å². The Morgan fingerprint density at radius 1 is 1.19 bits per heavy atom. The number of benzene rings is 1. The Morgan fingerprint density at radius 2 is 1.92 bits per heavy atom. The number of hydrogen-bond donors (Lipinski definition) is 1. The molecule has 3 rings (SSSR count). The Balaban J connectivity index is 1.82. The van der Waals surface area contributed by atoms with E-state index in [1.54, 1.807) is 19.9 Å². The number of carbonyl (C=O) groups is 1. The minimum Gasteiger partial charge on any atom is -0.350 e. The van der Waals surface area contributed by atoms with Gasteiger partial charge in [-0.15, -0.1) is 11.3 Å². The molecule has 2 aromatic heterocycles. The summed E-state index contributed by atoms with van der Waals surface area (Å²) in [5, 5.41) is 9.28. The van der Waals surface area contributed by atoms with Gasteiger partial charge in [0.1, 0.15) is 11.2 Å². The number of aromatic nitrogens is 2. The fraction of sp³-hybridized carbons (Fsp3) is 0.211. The summed E-state index contributed by atoms with van der Waals surface area (Å²) in [5.74, 6) is -0.256. The van der Waals surface area contributed by atoms with Gasteiger partial charge in [-0.2, -0.15) is 5.10 Å². The van der Waals surface area contributed by atoms with E-state index in [2.05, 4.69) is 33.0 Å². The molecule has 0 radical (unpaired) electrons. The van der Waals surface area contributed by atoms with Gasteiger partial charge >= 0.3 is 0 Å². The molecule has 2 heterocycles. The third-order valence-electron chi connectivity index (χ3n) is 4.03. The van der Waals surface area contributed by atoms with Crippen molar-refractivity contribution < 1.29 is 4.79 Å². The maximum Gasteiger partial charge on any atom is 0.267 e. The summed E-state index contributed by atoms with van der Waals surface area (Å²) in [6.45, 7) is 3.80. The van der Waals surface area contributed by atoms with Crippen molar-refractivity contribution in [2.75, 3.05) is 0 Å². The van der Waals surface area contributed by atoms with Crippen LogP contribution in [0.4, 0.5) is 0 Å². The molecule has 0 bridgehead atoms. The van der Waals surface area contributed by atoms with Gasteiger partial charge in [-0.1, -0.05) is 18.2 Å². The Bertz CT molecular complexity index is 963. The summed E-state index contributed by atoms with van der Waals surface area (Å²) in [6.07, 6.45) is 0. The Labute approximate surface area is 169 Å². The van der Waals surface area contributed by atoms with E-state index >= 15 is 0 Å². The van der Waals surface area contributed by atoms with Crippen molar-refractivity contribution in [3.63, 3.8) is 0 Å². The summed E-state index contributed by atoms with van der Waals surface area (Å²) in [7, 11) is 0. The van der Waals surface area contributed by atoms with Crippen molar-refractivity contribution in [3.05, 3.63) is 73.4 Å². The Morgan fingerprint density at radius 3 is 2.58 bits per heavy atom. The first-order valence-corrected chi connectivity index (χ1v) is 10.0. The average molecular weight is 479 g/mol. The normalized spacial score (nSPS) is 11.3. The highest BCUT2D eigenvalue weighted by Crippen LogP contribution is 2.22. The monoisotopic (exact) mass is 479 g/mol. The lowest BCUT2D eigenvalue weighted by atomic mass is 10.0. The largest absolute Gasteiger partial charge is 0.350 e. The molecule has 1 amide bonds. The first-order valence-electron chi connectivity index (χ1n) is 8.05. The summed E-state index contributed by atoms with van der Waals surface area (Å²) >= 11 is 3.78. The second kappa shape index (κ2) is 7.71. The zero-order valence-electron chi connectivity index (χ0n) is 14.4. The van der Waals surface area contributed by atoms with Crippen LogP contribution in [-0.2, 0) is 16.9 Å². The zero-order chi connectivity index (χ0) is 18.7. The van der Waals surface area contributed by atoms with Crippen LogP contribution in [0.5, 0.6) is 0 Å². The molecule has 0 saturated heterocycles. The Kier molecular flexibility index (Phi) is 5.57. The van der Waals surface area contributed by atoms with Crippen LogP contribution in [0.2, 0.25) is 0 Å². The van der Waals surface area contributed by atoms with E-state index in [1.807, 2.05) is 41.8 Å². The maximum atomic E-state index is 12.7. The van der Waals surface area contributed by atoms with Crippen LogP contribution in [0.3, 0.4) is 0 Å². The third kappa shape index (κ3) is 4.04. The highest BCUT2D eigenvalue weighted by molar-refractivity contribution is 14.1. The van der Waals surface area contributed by atoms with Gasteiger partial charge in [-0.25, -0.2) is 4.68 Å².